The molecule has 13 heteroatoms. The average molecular weight is 589 g/mol. The molecular formula is C28H32N10OS2. The third-order valence-electron chi connectivity index (χ3n) is 6.93. The van der Waals surface area contributed by atoms with Crippen molar-refractivity contribution in [2.24, 2.45) is 20.5 Å². The molecule has 0 saturated carbocycles. The molecule has 11 nitrogen and oxygen atoms in total. The van der Waals surface area contributed by atoms with Gasteiger partial charge in [-0.3, -0.25) is 5.43 Å². The van der Waals surface area contributed by atoms with Gasteiger partial charge in [-0.1, -0.05) is 11.3 Å². The molecule has 2 N–H and O–H groups in total. The van der Waals surface area contributed by atoms with Gasteiger partial charge in [0.15, 0.2) is 0 Å². The number of nitrogens with zero attached hydrogens (tertiary/aromatic N) is 8. The standard InChI is InChI=1S/C28H32N10OS2/c1-19-18-22(31-34-25-9-10-26(40-25)37-11-3-4-12-37)6-7-23(19)32-30-21-5-8-24(20(2)17-21)33-35-28-29-27(36-41-28)38-13-15-39-16-14-38/h5-10,17-18,31,34H,3-4,11-16H2,1-2H3. The fourth-order valence-electron chi connectivity index (χ4n) is 4.64. The van der Waals surface area contributed by atoms with E-state index in [-0.39, 0.29) is 0 Å². The number of benzene rings is 2. The van der Waals surface area contributed by atoms with E-state index in [0.717, 1.165) is 65.1 Å². The third kappa shape index (κ3) is 6.87. The van der Waals surface area contributed by atoms with E-state index in [1.165, 1.54) is 29.4 Å². The molecule has 6 rings (SSSR count). The number of thiophene rings is 1. The zero-order chi connectivity index (χ0) is 28.0. The number of aromatic nitrogens is 2. The molecule has 0 atom stereocenters. The highest BCUT2D eigenvalue weighted by Gasteiger charge is 2.16. The molecule has 0 radical (unpaired) electrons. The summed E-state index contributed by atoms with van der Waals surface area (Å²) in [6.07, 6.45) is 2.56. The number of rotatable bonds is 9. The first kappa shape index (κ1) is 27.2. The molecule has 2 aliphatic rings. The smallest absolute Gasteiger partial charge is 0.251 e. The Hall–Kier alpha value is -3.94. The minimum Gasteiger partial charge on any atom is -0.378 e. The van der Waals surface area contributed by atoms with E-state index in [4.69, 9.17) is 4.74 Å². The van der Waals surface area contributed by atoms with Gasteiger partial charge >= 0.3 is 0 Å². The fourth-order valence-corrected chi connectivity index (χ4v) is 6.07. The summed E-state index contributed by atoms with van der Waals surface area (Å²) in [7, 11) is 0. The number of ether oxygens (including phenoxy) is 1. The molecule has 2 saturated heterocycles. The maximum atomic E-state index is 5.39. The van der Waals surface area contributed by atoms with Crippen LogP contribution < -0.4 is 20.7 Å². The van der Waals surface area contributed by atoms with Gasteiger partial charge in [0, 0.05) is 37.7 Å². The molecule has 2 fully saturated rings. The number of azo groups is 2. The molecule has 0 spiro atoms. The van der Waals surface area contributed by atoms with Crippen LogP contribution in [0, 0.1) is 13.8 Å². The predicted molar refractivity (Wildman–Crippen MR) is 167 cm³/mol. The predicted octanol–water partition coefficient (Wildman–Crippen LogP) is 7.92. The lowest BCUT2D eigenvalue weighted by Crippen LogP contribution is -2.36. The minimum absolute atomic E-state index is 0.528. The fraction of sp³-hybridized carbons (Fsp3) is 0.357. The first-order valence-electron chi connectivity index (χ1n) is 13.7. The quantitative estimate of drug-likeness (QED) is 0.151. The van der Waals surface area contributed by atoms with Crippen molar-refractivity contribution in [1.29, 1.82) is 0 Å². The van der Waals surface area contributed by atoms with Crippen molar-refractivity contribution in [3.05, 3.63) is 59.7 Å². The maximum absolute atomic E-state index is 5.39. The lowest BCUT2D eigenvalue weighted by molar-refractivity contribution is 0.122. The Morgan fingerprint density at radius 2 is 1.54 bits per heavy atom. The molecule has 4 aromatic rings. The number of hydrogen-bond acceptors (Lipinski definition) is 13. The molecule has 212 valence electrons. The van der Waals surface area contributed by atoms with Crippen LogP contribution in [-0.4, -0.2) is 48.8 Å². The normalized spacial score (nSPS) is 15.9. The van der Waals surface area contributed by atoms with E-state index < -0.39 is 0 Å². The van der Waals surface area contributed by atoms with Crippen LogP contribution >= 0.6 is 22.9 Å². The summed E-state index contributed by atoms with van der Waals surface area (Å²) in [5.74, 6) is 0.684. The number of anilines is 4. The Kier molecular flexibility index (Phi) is 8.44. The summed E-state index contributed by atoms with van der Waals surface area (Å²) >= 11 is 3.01. The van der Waals surface area contributed by atoms with Crippen LogP contribution in [0.3, 0.4) is 0 Å². The van der Waals surface area contributed by atoms with Crippen molar-refractivity contribution >= 4 is 66.7 Å². The summed E-state index contributed by atoms with van der Waals surface area (Å²) in [5, 5.41) is 20.6. The van der Waals surface area contributed by atoms with Crippen molar-refractivity contribution in [1.82, 2.24) is 9.36 Å². The molecular weight excluding hydrogens is 557 g/mol. The SMILES string of the molecule is Cc1cc(NNc2ccc(N3CCCC3)s2)ccc1N=Nc1ccc(N=Nc2nc(N3CCOCC3)ns2)c(C)c1. The average Bonchev–Trinajstić information content (AvgIpc) is 3.78. The number of hydrazine groups is 1. The van der Waals surface area contributed by atoms with Crippen molar-refractivity contribution < 1.29 is 4.74 Å². The highest BCUT2D eigenvalue weighted by molar-refractivity contribution is 7.20. The second-order valence-electron chi connectivity index (χ2n) is 9.93. The Morgan fingerprint density at radius 3 is 2.32 bits per heavy atom. The molecule has 4 heterocycles. The first-order valence-corrected chi connectivity index (χ1v) is 15.3. The molecule has 41 heavy (non-hydrogen) atoms. The maximum Gasteiger partial charge on any atom is 0.251 e. The summed E-state index contributed by atoms with van der Waals surface area (Å²) < 4.78 is 9.79. The highest BCUT2D eigenvalue weighted by Crippen LogP contribution is 2.33. The van der Waals surface area contributed by atoms with Crippen LogP contribution in [0.15, 0.2) is 69.0 Å². The van der Waals surface area contributed by atoms with Gasteiger partial charge in [-0.05, 0) is 86.3 Å². The zero-order valence-electron chi connectivity index (χ0n) is 23.1. The van der Waals surface area contributed by atoms with E-state index in [1.807, 2.05) is 44.2 Å². The summed E-state index contributed by atoms with van der Waals surface area (Å²) in [5.41, 5.74) is 11.9. The number of nitrogens with one attached hydrogen (secondary N) is 2. The lowest BCUT2D eigenvalue weighted by Gasteiger charge is -2.25. The van der Waals surface area contributed by atoms with Gasteiger partial charge in [-0.25, -0.2) is 0 Å². The van der Waals surface area contributed by atoms with Crippen molar-refractivity contribution in [2.75, 3.05) is 60.0 Å². The van der Waals surface area contributed by atoms with E-state index in [9.17, 15) is 0 Å². The molecule has 0 bridgehead atoms. The van der Waals surface area contributed by atoms with Gasteiger partial charge in [0.2, 0.25) is 5.95 Å². The minimum atomic E-state index is 0.528. The van der Waals surface area contributed by atoms with Gasteiger partial charge in [0.25, 0.3) is 5.13 Å². The van der Waals surface area contributed by atoms with Crippen molar-refractivity contribution in [3.8, 4) is 0 Å². The molecule has 0 unspecified atom stereocenters. The second kappa shape index (κ2) is 12.7. The monoisotopic (exact) mass is 588 g/mol. The summed E-state index contributed by atoms with van der Waals surface area (Å²) in [6.45, 7) is 9.27. The molecule has 0 amide bonds. The number of aryl methyl sites for hydroxylation is 2. The molecule has 2 aliphatic heterocycles. The number of hydrogen-bond donors (Lipinski definition) is 2. The Morgan fingerprint density at radius 1 is 0.780 bits per heavy atom. The van der Waals surface area contributed by atoms with E-state index in [0.29, 0.717) is 24.3 Å². The number of morpholine rings is 1. The van der Waals surface area contributed by atoms with Gasteiger partial charge < -0.3 is 20.0 Å². The van der Waals surface area contributed by atoms with E-state index >= 15 is 0 Å². The van der Waals surface area contributed by atoms with E-state index in [2.05, 4.69) is 68.7 Å². The largest absolute Gasteiger partial charge is 0.378 e. The first-order chi connectivity index (χ1) is 20.1. The van der Waals surface area contributed by atoms with Crippen LogP contribution in [-0.2, 0) is 4.74 Å². The molecule has 2 aromatic carbocycles. The Labute approximate surface area is 247 Å². The highest BCUT2D eigenvalue weighted by atomic mass is 32.1. The lowest BCUT2D eigenvalue weighted by atomic mass is 10.2. The van der Waals surface area contributed by atoms with Crippen LogP contribution in [0.25, 0.3) is 0 Å². The van der Waals surface area contributed by atoms with Gasteiger partial charge in [0.05, 0.1) is 41.0 Å². The van der Waals surface area contributed by atoms with Gasteiger partial charge in [-0.15, -0.1) is 10.2 Å². The van der Waals surface area contributed by atoms with Crippen LogP contribution in [0.2, 0.25) is 0 Å². The zero-order valence-corrected chi connectivity index (χ0v) is 24.7. The topological polar surface area (TPSA) is 115 Å². The van der Waals surface area contributed by atoms with E-state index in [1.54, 1.807) is 11.3 Å². The van der Waals surface area contributed by atoms with Crippen molar-refractivity contribution in [2.45, 2.75) is 26.7 Å². The van der Waals surface area contributed by atoms with Crippen LogP contribution in [0.4, 0.5) is 43.8 Å². The second-order valence-corrected chi connectivity index (χ2v) is 11.7. The molecule has 0 aliphatic carbocycles. The summed E-state index contributed by atoms with van der Waals surface area (Å²) in [4.78, 5) is 9.04. The Balaban J connectivity index is 1.04. The van der Waals surface area contributed by atoms with Gasteiger partial charge in [-0.2, -0.15) is 19.6 Å². The van der Waals surface area contributed by atoms with Gasteiger partial charge in [0.1, 0.15) is 5.00 Å². The third-order valence-corrected chi connectivity index (χ3v) is 8.58. The van der Waals surface area contributed by atoms with Crippen LogP contribution in [0.5, 0.6) is 0 Å². The molecule has 2 aromatic heterocycles. The summed E-state index contributed by atoms with van der Waals surface area (Å²) in [6, 6.07) is 16.1. The van der Waals surface area contributed by atoms with Crippen molar-refractivity contribution in [3.63, 3.8) is 0 Å². The Bertz CT molecular complexity index is 1540. The van der Waals surface area contributed by atoms with Crippen LogP contribution in [0.1, 0.15) is 24.0 Å².